The first-order valence-electron chi connectivity index (χ1n) is 7.49. The number of benzene rings is 1. The first-order chi connectivity index (χ1) is 11.7. The van der Waals surface area contributed by atoms with Crippen molar-refractivity contribution >= 4 is 17.2 Å². The molecule has 6 heteroatoms. The van der Waals surface area contributed by atoms with Crippen LogP contribution in [-0.4, -0.2) is 23.0 Å². The van der Waals surface area contributed by atoms with Crippen molar-refractivity contribution in [3.63, 3.8) is 0 Å². The van der Waals surface area contributed by atoms with Gasteiger partial charge in [-0.05, 0) is 43.3 Å². The quantitative estimate of drug-likeness (QED) is 0.770. The van der Waals surface area contributed by atoms with Gasteiger partial charge in [0.15, 0.2) is 0 Å². The summed E-state index contributed by atoms with van der Waals surface area (Å²) in [5.74, 6) is 0.585. The Kier molecular flexibility index (Phi) is 4.86. The number of amides is 1. The van der Waals surface area contributed by atoms with Gasteiger partial charge in [-0.1, -0.05) is 6.07 Å². The van der Waals surface area contributed by atoms with E-state index < -0.39 is 0 Å². The van der Waals surface area contributed by atoms with Gasteiger partial charge in [-0.2, -0.15) is 0 Å². The Morgan fingerprint density at radius 2 is 2.00 bits per heavy atom. The van der Waals surface area contributed by atoms with Crippen molar-refractivity contribution < 1.29 is 9.53 Å². The third kappa shape index (κ3) is 3.60. The molecule has 0 bridgehead atoms. The largest absolute Gasteiger partial charge is 0.497 e. The highest BCUT2D eigenvalue weighted by Crippen LogP contribution is 2.25. The molecule has 0 aliphatic rings. The Morgan fingerprint density at radius 1 is 1.21 bits per heavy atom. The number of carbonyl (C=O) groups excluding carboxylic acids is 1. The molecule has 5 nitrogen and oxygen atoms in total. The maximum atomic E-state index is 12.4. The number of ether oxygens (including phenoxy) is 1. The van der Waals surface area contributed by atoms with Crippen LogP contribution in [0.3, 0.4) is 0 Å². The molecule has 0 saturated heterocycles. The normalized spacial score (nSPS) is 11.8. The van der Waals surface area contributed by atoms with E-state index in [0.29, 0.717) is 5.69 Å². The van der Waals surface area contributed by atoms with Crippen LogP contribution in [0.5, 0.6) is 5.75 Å². The zero-order valence-corrected chi connectivity index (χ0v) is 14.2. The van der Waals surface area contributed by atoms with Crippen LogP contribution in [0.4, 0.5) is 0 Å². The van der Waals surface area contributed by atoms with Crippen molar-refractivity contribution in [1.29, 1.82) is 0 Å². The lowest BCUT2D eigenvalue weighted by Gasteiger charge is -2.11. The first-order valence-corrected chi connectivity index (χ1v) is 8.37. The second kappa shape index (κ2) is 7.23. The second-order valence-electron chi connectivity index (χ2n) is 5.22. The van der Waals surface area contributed by atoms with Gasteiger partial charge in [-0.15, -0.1) is 11.3 Å². The fraction of sp³-hybridized carbons (Fsp3) is 0.167. The third-order valence-electron chi connectivity index (χ3n) is 3.55. The molecular weight excluding hydrogens is 322 g/mol. The number of nitrogens with zero attached hydrogens (tertiary/aromatic N) is 2. The molecule has 0 radical (unpaired) electrons. The fourth-order valence-corrected chi connectivity index (χ4v) is 3.03. The molecule has 2 heterocycles. The highest BCUT2D eigenvalue weighted by atomic mass is 32.1. The predicted molar refractivity (Wildman–Crippen MR) is 94.2 cm³/mol. The SMILES string of the molecule is COc1ccc(-c2nc(C(=O)NC(C)c3ccccn3)cs2)cc1. The van der Waals surface area contributed by atoms with Gasteiger partial charge in [0.25, 0.3) is 5.91 Å². The van der Waals surface area contributed by atoms with E-state index in [-0.39, 0.29) is 11.9 Å². The van der Waals surface area contributed by atoms with Gasteiger partial charge < -0.3 is 10.1 Å². The van der Waals surface area contributed by atoms with Crippen LogP contribution < -0.4 is 10.1 Å². The number of nitrogens with one attached hydrogen (secondary N) is 1. The number of hydrogen-bond acceptors (Lipinski definition) is 5. The summed E-state index contributed by atoms with van der Waals surface area (Å²) >= 11 is 1.44. The molecule has 2 aromatic heterocycles. The van der Waals surface area contributed by atoms with Crippen molar-refractivity contribution in [3.05, 3.63) is 65.4 Å². The summed E-state index contributed by atoms with van der Waals surface area (Å²) in [5.41, 5.74) is 2.18. The first kappa shape index (κ1) is 16.1. The molecule has 122 valence electrons. The molecule has 0 saturated carbocycles. The Balaban J connectivity index is 1.71. The van der Waals surface area contributed by atoms with E-state index >= 15 is 0 Å². The Bertz CT molecular complexity index is 816. The van der Waals surface area contributed by atoms with Gasteiger partial charge >= 0.3 is 0 Å². The highest BCUT2D eigenvalue weighted by molar-refractivity contribution is 7.13. The standard InChI is InChI=1S/C18H17N3O2S/c1-12(15-5-3-4-10-19-15)20-17(22)16-11-24-18(21-16)13-6-8-14(23-2)9-7-13/h3-12H,1-2H3,(H,20,22). The summed E-state index contributed by atoms with van der Waals surface area (Å²) in [4.78, 5) is 21.0. The van der Waals surface area contributed by atoms with E-state index in [4.69, 9.17) is 4.74 Å². The van der Waals surface area contributed by atoms with Crippen LogP contribution in [0, 0.1) is 0 Å². The van der Waals surface area contributed by atoms with Crippen LogP contribution >= 0.6 is 11.3 Å². The molecule has 1 unspecified atom stereocenters. The molecule has 24 heavy (non-hydrogen) atoms. The number of carbonyl (C=O) groups is 1. The number of pyridine rings is 1. The fourth-order valence-electron chi connectivity index (χ4n) is 2.22. The lowest BCUT2D eigenvalue weighted by atomic mass is 10.2. The molecule has 3 aromatic rings. The van der Waals surface area contributed by atoms with Crippen molar-refractivity contribution in [3.8, 4) is 16.3 Å². The molecule has 1 aromatic carbocycles. The monoisotopic (exact) mass is 339 g/mol. The maximum Gasteiger partial charge on any atom is 0.271 e. The summed E-state index contributed by atoms with van der Waals surface area (Å²) in [5, 5.41) is 5.48. The van der Waals surface area contributed by atoms with Crippen LogP contribution in [-0.2, 0) is 0 Å². The van der Waals surface area contributed by atoms with Gasteiger partial charge in [-0.3, -0.25) is 9.78 Å². The molecule has 3 rings (SSSR count). The number of thiazole rings is 1. The molecule has 0 aliphatic carbocycles. The van der Waals surface area contributed by atoms with Gasteiger partial charge in [0, 0.05) is 17.1 Å². The lowest BCUT2D eigenvalue weighted by Crippen LogP contribution is -2.27. The molecule has 0 fully saturated rings. The molecule has 1 N–H and O–H groups in total. The number of methoxy groups -OCH3 is 1. The molecular formula is C18H17N3O2S. The summed E-state index contributed by atoms with van der Waals surface area (Å²) in [6.45, 7) is 1.90. The number of rotatable bonds is 5. The summed E-state index contributed by atoms with van der Waals surface area (Å²) in [6, 6.07) is 13.1. The minimum atomic E-state index is -0.204. The predicted octanol–water partition coefficient (Wildman–Crippen LogP) is 3.70. The zero-order chi connectivity index (χ0) is 16.9. The summed E-state index contributed by atoms with van der Waals surface area (Å²) < 4.78 is 5.15. The van der Waals surface area contributed by atoms with E-state index in [0.717, 1.165) is 22.0 Å². The Hall–Kier alpha value is -2.73. The minimum Gasteiger partial charge on any atom is -0.497 e. The lowest BCUT2D eigenvalue weighted by molar-refractivity contribution is 0.0935. The van der Waals surface area contributed by atoms with E-state index in [9.17, 15) is 4.79 Å². The second-order valence-corrected chi connectivity index (χ2v) is 6.07. The van der Waals surface area contributed by atoms with E-state index in [1.54, 1.807) is 18.7 Å². The van der Waals surface area contributed by atoms with Crippen molar-refractivity contribution in [2.24, 2.45) is 0 Å². The highest BCUT2D eigenvalue weighted by Gasteiger charge is 2.15. The van der Waals surface area contributed by atoms with Gasteiger partial charge in [-0.25, -0.2) is 4.98 Å². The van der Waals surface area contributed by atoms with Gasteiger partial charge in [0.2, 0.25) is 0 Å². The van der Waals surface area contributed by atoms with Crippen LogP contribution in [0.15, 0.2) is 54.0 Å². The van der Waals surface area contributed by atoms with E-state index in [1.165, 1.54) is 11.3 Å². The molecule has 0 spiro atoms. The van der Waals surface area contributed by atoms with Crippen LogP contribution in [0.25, 0.3) is 10.6 Å². The van der Waals surface area contributed by atoms with Gasteiger partial charge in [0.1, 0.15) is 16.5 Å². The van der Waals surface area contributed by atoms with Crippen LogP contribution in [0.2, 0.25) is 0 Å². The van der Waals surface area contributed by atoms with Crippen molar-refractivity contribution in [1.82, 2.24) is 15.3 Å². The van der Waals surface area contributed by atoms with E-state index in [1.807, 2.05) is 49.4 Å². The molecule has 0 aliphatic heterocycles. The minimum absolute atomic E-state index is 0.176. The maximum absolute atomic E-state index is 12.4. The van der Waals surface area contributed by atoms with Gasteiger partial charge in [0.05, 0.1) is 18.8 Å². The van der Waals surface area contributed by atoms with Crippen molar-refractivity contribution in [2.45, 2.75) is 13.0 Å². The topological polar surface area (TPSA) is 64.1 Å². The zero-order valence-electron chi connectivity index (χ0n) is 13.4. The average molecular weight is 339 g/mol. The molecule has 1 amide bonds. The smallest absolute Gasteiger partial charge is 0.271 e. The summed E-state index contributed by atoms with van der Waals surface area (Å²) in [6.07, 6.45) is 1.71. The van der Waals surface area contributed by atoms with E-state index in [2.05, 4.69) is 15.3 Å². The summed E-state index contributed by atoms with van der Waals surface area (Å²) in [7, 11) is 1.63. The molecule has 1 atom stereocenters. The average Bonchev–Trinajstić information content (AvgIpc) is 3.13. The van der Waals surface area contributed by atoms with Crippen molar-refractivity contribution in [2.75, 3.05) is 7.11 Å². The third-order valence-corrected chi connectivity index (χ3v) is 4.44. The Labute approximate surface area is 144 Å². The Morgan fingerprint density at radius 3 is 2.67 bits per heavy atom. The van der Waals surface area contributed by atoms with Crippen LogP contribution in [0.1, 0.15) is 29.1 Å². The number of aromatic nitrogens is 2. The number of hydrogen-bond donors (Lipinski definition) is 1.